The van der Waals surface area contributed by atoms with Crippen LogP contribution in [0.4, 0.5) is 0 Å². The highest BCUT2D eigenvalue weighted by atomic mass is 15.1. The van der Waals surface area contributed by atoms with Gasteiger partial charge >= 0.3 is 0 Å². The number of nitrogens with zero attached hydrogens (tertiary/aromatic N) is 1. The average molecular weight is 207 g/mol. The van der Waals surface area contributed by atoms with E-state index in [2.05, 4.69) is 29.4 Å². The molecule has 0 bridgehead atoms. The summed E-state index contributed by atoms with van der Waals surface area (Å²) in [5.41, 5.74) is 3.69. The highest BCUT2D eigenvalue weighted by Gasteiger charge is 2.14. The van der Waals surface area contributed by atoms with E-state index in [4.69, 9.17) is 0 Å². The van der Waals surface area contributed by atoms with E-state index < -0.39 is 0 Å². The van der Waals surface area contributed by atoms with Crippen LogP contribution in [0.2, 0.25) is 0 Å². The van der Waals surface area contributed by atoms with Crippen molar-refractivity contribution < 1.29 is 0 Å². The van der Waals surface area contributed by atoms with E-state index in [-0.39, 0.29) is 0 Å². The molecule has 1 aromatic rings. The summed E-state index contributed by atoms with van der Waals surface area (Å²) in [6.45, 7) is 5.14. The van der Waals surface area contributed by atoms with Crippen LogP contribution in [0.25, 0.3) is 0 Å². The van der Waals surface area contributed by atoms with Crippen LogP contribution >= 0.6 is 0 Å². The molecule has 1 saturated carbocycles. The fourth-order valence-electron chi connectivity index (χ4n) is 2.39. The summed E-state index contributed by atoms with van der Waals surface area (Å²) in [4.78, 5) is 0. The zero-order valence-corrected chi connectivity index (χ0v) is 9.77. The second kappa shape index (κ2) is 4.79. The van der Waals surface area contributed by atoms with Crippen molar-refractivity contribution in [3.8, 4) is 0 Å². The van der Waals surface area contributed by atoms with Crippen LogP contribution in [0.3, 0.4) is 0 Å². The first-order chi connectivity index (χ1) is 7.27. The molecular weight excluding hydrogens is 186 g/mol. The summed E-state index contributed by atoms with van der Waals surface area (Å²) in [5, 5.41) is 10.9. The molecular formula is C12H21N3. The van der Waals surface area contributed by atoms with Gasteiger partial charge in [-0.05, 0) is 26.7 Å². The zero-order chi connectivity index (χ0) is 10.7. The van der Waals surface area contributed by atoms with E-state index >= 15 is 0 Å². The Morgan fingerprint density at radius 2 is 2.00 bits per heavy atom. The number of hydrogen-bond acceptors (Lipinski definition) is 2. The van der Waals surface area contributed by atoms with Crippen molar-refractivity contribution in [3.05, 3.63) is 17.0 Å². The minimum atomic E-state index is 0.729. The van der Waals surface area contributed by atoms with Gasteiger partial charge in [-0.2, -0.15) is 5.10 Å². The standard InChI is InChI=1S/C12H21N3/c1-9-12(10(2)15-14-9)8-13-11-6-4-3-5-7-11/h11,13H,3-8H2,1-2H3,(H,14,15). The summed E-state index contributed by atoms with van der Waals surface area (Å²) >= 11 is 0. The number of hydrogen-bond donors (Lipinski definition) is 2. The van der Waals surface area contributed by atoms with Gasteiger partial charge in [0.25, 0.3) is 0 Å². The van der Waals surface area contributed by atoms with E-state index in [0.717, 1.165) is 18.3 Å². The Kier molecular flexibility index (Phi) is 3.41. The first-order valence-electron chi connectivity index (χ1n) is 6.01. The van der Waals surface area contributed by atoms with Gasteiger partial charge in [0, 0.05) is 23.8 Å². The highest BCUT2D eigenvalue weighted by Crippen LogP contribution is 2.18. The maximum absolute atomic E-state index is 4.21. The van der Waals surface area contributed by atoms with Crippen LogP contribution in [0.15, 0.2) is 0 Å². The van der Waals surface area contributed by atoms with Gasteiger partial charge in [-0.3, -0.25) is 5.10 Å². The van der Waals surface area contributed by atoms with Gasteiger partial charge in [0.2, 0.25) is 0 Å². The Bertz CT molecular complexity index is 291. The molecule has 1 heterocycles. The van der Waals surface area contributed by atoms with Crippen LogP contribution < -0.4 is 5.32 Å². The third-order valence-electron chi connectivity index (χ3n) is 3.45. The van der Waals surface area contributed by atoms with Crippen LogP contribution in [0, 0.1) is 13.8 Å². The second-order valence-electron chi connectivity index (χ2n) is 4.63. The molecule has 3 nitrogen and oxygen atoms in total. The maximum Gasteiger partial charge on any atom is 0.0638 e. The summed E-state index contributed by atoms with van der Waals surface area (Å²) in [7, 11) is 0. The monoisotopic (exact) mass is 207 g/mol. The fraction of sp³-hybridized carbons (Fsp3) is 0.750. The third kappa shape index (κ3) is 2.59. The van der Waals surface area contributed by atoms with E-state index in [9.17, 15) is 0 Å². The quantitative estimate of drug-likeness (QED) is 0.799. The third-order valence-corrected chi connectivity index (χ3v) is 3.45. The molecule has 84 valence electrons. The Labute approximate surface area is 91.7 Å². The van der Waals surface area contributed by atoms with Gasteiger partial charge in [-0.25, -0.2) is 0 Å². The molecule has 0 aliphatic heterocycles. The van der Waals surface area contributed by atoms with Crippen molar-refractivity contribution in [3.63, 3.8) is 0 Å². The van der Waals surface area contributed by atoms with E-state index in [1.165, 1.54) is 43.4 Å². The molecule has 0 radical (unpaired) electrons. The number of aryl methyl sites for hydroxylation is 2. The lowest BCUT2D eigenvalue weighted by Crippen LogP contribution is -2.30. The lowest BCUT2D eigenvalue weighted by atomic mass is 9.95. The molecule has 0 amide bonds. The predicted molar refractivity (Wildman–Crippen MR) is 61.8 cm³/mol. The van der Waals surface area contributed by atoms with Gasteiger partial charge in [-0.1, -0.05) is 19.3 Å². The fourth-order valence-corrected chi connectivity index (χ4v) is 2.39. The van der Waals surface area contributed by atoms with Crippen molar-refractivity contribution in [2.75, 3.05) is 0 Å². The molecule has 0 atom stereocenters. The van der Waals surface area contributed by atoms with Gasteiger partial charge in [0.15, 0.2) is 0 Å². The molecule has 0 saturated heterocycles. The van der Waals surface area contributed by atoms with Crippen LogP contribution in [0.1, 0.15) is 49.1 Å². The number of aromatic amines is 1. The van der Waals surface area contributed by atoms with Gasteiger partial charge in [-0.15, -0.1) is 0 Å². The number of aromatic nitrogens is 2. The summed E-state index contributed by atoms with van der Waals surface area (Å²) < 4.78 is 0. The summed E-state index contributed by atoms with van der Waals surface area (Å²) in [5.74, 6) is 0. The number of H-pyrrole nitrogens is 1. The molecule has 0 aromatic carbocycles. The van der Waals surface area contributed by atoms with Gasteiger partial charge < -0.3 is 5.32 Å². The van der Waals surface area contributed by atoms with E-state index in [0.29, 0.717) is 0 Å². The molecule has 2 rings (SSSR count). The van der Waals surface area contributed by atoms with Crippen molar-refractivity contribution in [2.24, 2.45) is 0 Å². The van der Waals surface area contributed by atoms with Crippen LogP contribution in [-0.4, -0.2) is 16.2 Å². The smallest absolute Gasteiger partial charge is 0.0638 e. The van der Waals surface area contributed by atoms with Crippen LogP contribution in [0.5, 0.6) is 0 Å². The Morgan fingerprint density at radius 1 is 1.27 bits per heavy atom. The molecule has 0 spiro atoms. The van der Waals surface area contributed by atoms with Crippen molar-refractivity contribution in [1.29, 1.82) is 0 Å². The minimum Gasteiger partial charge on any atom is -0.310 e. The van der Waals surface area contributed by atoms with Gasteiger partial charge in [0.1, 0.15) is 0 Å². The first kappa shape index (κ1) is 10.7. The Hall–Kier alpha value is -0.830. The van der Waals surface area contributed by atoms with E-state index in [1.807, 2.05) is 0 Å². The number of nitrogens with one attached hydrogen (secondary N) is 2. The van der Waals surface area contributed by atoms with Crippen LogP contribution in [-0.2, 0) is 6.54 Å². The average Bonchev–Trinajstić information content (AvgIpc) is 2.58. The molecule has 1 aliphatic rings. The Balaban J connectivity index is 1.87. The minimum absolute atomic E-state index is 0.729. The highest BCUT2D eigenvalue weighted by molar-refractivity contribution is 5.22. The number of rotatable bonds is 3. The zero-order valence-electron chi connectivity index (χ0n) is 9.77. The first-order valence-corrected chi connectivity index (χ1v) is 6.01. The molecule has 0 unspecified atom stereocenters. The lowest BCUT2D eigenvalue weighted by Gasteiger charge is -2.22. The molecule has 1 aliphatic carbocycles. The molecule has 1 fully saturated rings. The topological polar surface area (TPSA) is 40.7 Å². The second-order valence-corrected chi connectivity index (χ2v) is 4.63. The van der Waals surface area contributed by atoms with Crippen molar-refractivity contribution in [2.45, 2.75) is 58.5 Å². The summed E-state index contributed by atoms with van der Waals surface area (Å²) in [6.07, 6.45) is 6.88. The lowest BCUT2D eigenvalue weighted by molar-refractivity contribution is 0.372. The normalized spacial score (nSPS) is 18.3. The Morgan fingerprint density at radius 3 is 2.60 bits per heavy atom. The van der Waals surface area contributed by atoms with Crippen molar-refractivity contribution in [1.82, 2.24) is 15.5 Å². The SMILES string of the molecule is Cc1n[nH]c(C)c1CNC1CCCCC1. The van der Waals surface area contributed by atoms with Crippen molar-refractivity contribution >= 4 is 0 Å². The molecule has 2 N–H and O–H groups in total. The molecule has 3 heteroatoms. The van der Waals surface area contributed by atoms with E-state index in [1.54, 1.807) is 0 Å². The predicted octanol–water partition coefficient (Wildman–Crippen LogP) is 2.45. The largest absolute Gasteiger partial charge is 0.310 e. The molecule has 15 heavy (non-hydrogen) atoms. The summed E-state index contributed by atoms with van der Waals surface area (Å²) in [6, 6.07) is 0.729. The van der Waals surface area contributed by atoms with Gasteiger partial charge in [0.05, 0.1) is 5.69 Å². The maximum atomic E-state index is 4.21. The molecule has 1 aromatic heterocycles.